The number of aliphatic hydroxyl groups excluding tert-OH is 1. The van der Waals surface area contributed by atoms with Gasteiger partial charge >= 0.3 is 0 Å². The van der Waals surface area contributed by atoms with E-state index in [0.717, 1.165) is 0 Å². The summed E-state index contributed by atoms with van der Waals surface area (Å²) in [6, 6.07) is 0. The molecule has 0 spiro atoms. The maximum atomic E-state index is 10.4. The lowest BCUT2D eigenvalue weighted by molar-refractivity contribution is -0.151. The van der Waals surface area contributed by atoms with E-state index >= 15 is 0 Å². The molecule has 4 atom stereocenters. The molecule has 1 unspecified atom stereocenters. The zero-order valence-corrected chi connectivity index (χ0v) is 18.2. The minimum absolute atomic E-state index is 0.0433. The summed E-state index contributed by atoms with van der Waals surface area (Å²) in [7, 11) is -1.80. The number of hydrogen-bond acceptors (Lipinski definition) is 4. The molecular weight excluding hydrogens is 332 g/mol. The first-order valence-corrected chi connectivity index (χ1v) is 12.0. The molecule has 1 rings (SSSR count). The lowest BCUT2D eigenvalue weighted by Crippen LogP contribution is -2.43. The number of aliphatic hydroxyl groups is 1. The Balaban J connectivity index is 2.63. The third-order valence-corrected chi connectivity index (χ3v) is 9.48. The molecule has 0 bridgehead atoms. The third kappa shape index (κ3) is 6.54. The van der Waals surface area contributed by atoms with Crippen molar-refractivity contribution in [2.45, 2.75) is 103 Å². The second-order valence-electron chi connectivity index (χ2n) is 8.82. The topological polar surface area (TPSA) is 47.9 Å². The van der Waals surface area contributed by atoms with Crippen LogP contribution in [0, 0.1) is 11.8 Å². The maximum absolute atomic E-state index is 10.4. The van der Waals surface area contributed by atoms with Crippen molar-refractivity contribution in [1.29, 1.82) is 0 Å². The molecule has 0 aromatic carbocycles. The van der Waals surface area contributed by atoms with Crippen LogP contribution in [0.25, 0.3) is 0 Å². The largest absolute Gasteiger partial charge is 0.413 e. The summed E-state index contributed by atoms with van der Waals surface area (Å²) in [5.74, 6) is 5.26. The number of rotatable bonds is 6. The molecule has 4 nitrogen and oxygen atoms in total. The Morgan fingerprint density at radius 3 is 2.44 bits per heavy atom. The molecule has 1 saturated heterocycles. The van der Waals surface area contributed by atoms with Gasteiger partial charge in [0.2, 0.25) is 0 Å². The third-order valence-electron chi connectivity index (χ3n) is 4.87. The van der Waals surface area contributed by atoms with E-state index in [0.29, 0.717) is 12.8 Å². The van der Waals surface area contributed by atoms with E-state index < -0.39 is 26.3 Å². The van der Waals surface area contributed by atoms with Crippen molar-refractivity contribution in [3.05, 3.63) is 12.7 Å². The van der Waals surface area contributed by atoms with Gasteiger partial charge in [0.25, 0.3) is 0 Å². The summed E-state index contributed by atoms with van der Waals surface area (Å²) >= 11 is 0. The van der Waals surface area contributed by atoms with Crippen molar-refractivity contribution in [3.8, 4) is 11.8 Å². The molecule has 0 amide bonds. The van der Waals surface area contributed by atoms with Crippen LogP contribution in [0.2, 0.25) is 18.1 Å². The zero-order chi connectivity index (χ0) is 19.5. The highest BCUT2D eigenvalue weighted by molar-refractivity contribution is 6.74. The SMILES string of the molecule is C=CC[C@@H]1OC(C)(C)O[C@@H]1C(O)C#CC[C@H](C)O[Si](C)(C)C(C)(C)C. The van der Waals surface area contributed by atoms with E-state index in [2.05, 4.69) is 52.3 Å². The molecule has 0 saturated carbocycles. The smallest absolute Gasteiger partial charge is 0.192 e. The minimum atomic E-state index is -1.80. The Morgan fingerprint density at radius 1 is 1.32 bits per heavy atom. The molecule has 1 N–H and O–H groups in total. The van der Waals surface area contributed by atoms with Gasteiger partial charge in [-0.1, -0.05) is 38.7 Å². The molecule has 1 aliphatic heterocycles. The number of ether oxygens (including phenoxy) is 2. The second kappa shape index (κ2) is 8.37. The molecule has 0 radical (unpaired) electrons. The fourth-order valence-electron chi connectivity index (χ4n) is 2.59. The van der Waals surface area contributed by atoms with Gasteiger partial charge in [0, 0.05) is 6.42 Å². The van der Waals surface area contributed by atoms with E-state index in [1.807, 2.05) is 20.8 Å². The van der Waals surface area contributed by atoms with Crippen LogP contribution in [0.1, 0.15) is 54.4 Å². The fraction of sp³-hybridized carbons (Fsp3) is 0.800. The zero-order valence-electron chi connectivity index (χ0n) is 17.2. The summed E-state index contributed by atoms with van der Waals surface area (Å²) in [5, 5.41) is 10.6. The quantitative estimate of drug-likeness (QED) is 0.433. The fourth-order valence-corrected chi connectivity index (χ4v) is 4.03. The van der Waals surface area contributed by atoms with Gasteiger partial charge < -0.3 is 19.0 Å². The van der Waals surface area contributed by atoms with Gasteiger partial charge in [-0.3, -0.25) is 0 Å². The van der Waals surface area contributed by atoms with Crippen molar-refractivity contribution in [2.24, 2.45) is 0 Å². The van der Waals surface area contributed by atoms with Crippen molar-refractivity contribution in [2.75, 3.05) is 0 Å². The van der Waals surface area contributed by atoms with E-state index in [1.54, 1.807) is 6.08 Å². The first kappa shape index (κ1) is 22.4. The normalized spacial score (nSPS) is 25.8. The summed E-state index contributed by atoms with van der Waals surface area (Å²) in [6.07, 6.45) is 1.46. The highest BCUT2D eigenvalue weighted by Crippen LogP contribution is 2.37. The van der Waals surface area contributed by atoms with Crippen LogP contribution in [-0.2, 0) is 13.9 Å². The highest BCUT2D eigenvalue weighted by atomic mass is 28.4. The van der Waals surface area contributed by atoms with Gasteiger partial charge in [-0.05, 0) is 45.3 Å². The second-order valence-corrected chi connectivity index (χ2v) is 13.6. The van der Waals surface area contributed by atoms with E-state index in [9.17, 15) is 5.11 Å². The summed E-state index contributed by atoms with van der Waals surface area (Å²) in [6.45, 7) is 20.6. The van der Waals surface area contributed by atoms with Gasteiger partial charge in [-0.2, -0.15) is 0 Å². The Bertz CT molecular complexity index is 510. The van der Waals surface area contributed by atoms with E-state index in [1.165, 1.54) is 0 Å². The lowest BCUT2D eigenvalue weighted by Gasteiger charge is -2.38. The Labute approximate surface area is 155 Å². The Kier molecular flexibility index (Phi) is 7.49. The average Bonchev–Trinajstić information content (AvgIpc) is 2.72. The van der Waals surface area contributed by atoms with Crippen LogP contribution < -0.4 is 0 Å². The summed E-state index contributed by atoms with van der Waals surface area (Å²) < 4.78 is 17.9. The van der Waals surface area contributed by atoms with Gasteiger partial charge in [0.05, 0.1) is 12.2 Å². The van der Waals surface area contributed by atoms with Crippen LogP contribution >= 0.6 is 0 Å². The highest BCUT2D eigenvalue weighted by Gasteiger charge is 2.43. The predicted molar refractivity (Wildman–Crippen MR) is 105 cm³/mol. The van der Waals surface area contributed by atoms with E-state index in [-0.39, 0.29) is 17.2 Å². The molecular formula is C20H36O4Si. The van der Waals surface area contributed by atoms with Crippen LogP contribution in [0.5, 0.6) is 0 Å². The average molecular weight is 369 g/mol. The van der Waals surface area contributed by atoms with Gasteiger partial charge in [0.1, 0.15) is 12.2 Å². The molecule has 144 valence electrons. The van der Waals surface area contributed by atoms with Crippen molar-refractivity contribution >= 4 is 8.32 Å². The molecule has 5 heteroatoms. The van der Waals surface area contributed by atoms with Crippen molar-refractivity contribution in [3.63, 3.8) is 0 Å². The van der Waals surface area contributed by atoms with Crippen LogP contribution in [0.4, 0.5) is 0 Å². The lowest BCUT2D eigenvalue weighted by atomic mass is 10.1. The monoisotopic (exact) mass is 368 g/mol. The maximum Gasteiger partial charge on any atom is 0.192 e. The van der Waals surface area contributed by atoms with Crippen molar-refractivity contribution < 1.29 is 19.0 Å². The minimum Gasteiger partial charge on any atom is -0.413 e. The molecule has 0 aromatic rings. The van der Waals surface area contributed by atoms with Crippen LogP contribution in [-0.4, -0.2) is 43.6 Å². The van der Waals surface area contributed by atoms with Gasteiger partial charge in [-0.15, -0.1) is 6.58 Å². The molecule has 1 fully saturated rings. The van der Waals surface area contributed by atoms with Crippen LogP contribution in [0.3, 0.4) is 0 Å². The van der Waals surface area contributed by atoms with Gasteiger partial charge in [0.15, 0.2) is 14.1 Å². The summed E-state index contributed by atoms with van der Waals surface area (Å²) in [4.78, 5) is 0. The first-order valence-electron chi connectivity index (χ1n) is 9.10. The standard InChI is InChI=1S/C20H36O4Si/c1-10-12-17-18(23-20(6,7)22-17)16(21)14-11-13-15(2)24-25(8,9)19(3,4)5/h10,15-18,21H,1,12-13H2,2-9H3/t15-,16?,17-,18+/m0/s1. The molecule has 1 aliphatic rings. The predicted octanol–water partition coefficient (Wildman–Crippen LogP) is 4.25. The Morgan fingerprint density at radius 2 is 1.92 bits per heavy atom. The molecule has 25 heavy (non-hydrogen) atoms. The van der Waals surface area contributed by atoms with Crippen LogP contribution in [0.15, 0.2) is 12.7 Å². The first-order chi connectivity index (χ1) is 11.3. The van der Waals surface area contributed by atoms with Crippen molar-refractivity contribution in [1.82, 2.24) is 0 Å². The Hall–Kier alpha value is -0.643. The van der Waals surface area contributed by atoms with E-state index in [4.69, 9.17) is 13.9 Å². The number of hydrogen-bond donors (Lipinski definition) is 1. The van der Waals surface area contributed by atoms with Gasteiger partial charge in [-0.25, -0.2) is 0 Å². The molecule has 0 aromatic heterocycles. The molecule has 1 heterocycles. The summed E-state index contributed by atoms with van der Waals surface area (Å²) in [5.41, 5.74) is 0. The molecule has 0 aliphatic carbocycles.